The Bertz CT molecular complexity index is 778. The third-order valence-electron chi connectivity index (χ3n) is 4.01. The van der Waals surface area contributed by atoms with E-state index in [9.17, 15) is 9.59 Å². The molecule has 1 aliphatic heterocycles. The van der Waals surface area contributed by atoms with Crippen LogP contribution in [0, 0.1) is 0 Å². The molecule has 0 spiro atoms. The number of rotatable bonds is 3. The normalized spacial score (nSPS) is 14.5. The van der Waals surface area contributed by atoms with E-state index in [1.165, 1.54) is 6.08 Å². The van der Waals surface area contributed by atoms with Gasteiger partial charge in [0, 0.05) is 31.7 Å². The highest BCUT2D eigenvalue weighted by Crippen LogP contribution is 2.26. The van der Waals surface area contributed by atoms with Crippen LogP contribution in [0.25, 0.3) is 11.3 Å². The number of carbonyl (C=O) groups is 2. The molecule has 6 nitrogen and oxygen atoms in total. The van der Waals surface area contributed by atoms with Gasteiger partial charge in [0.05, 0.1) is 10.7 Å². The van der Waals surface area contributed by atoms with Gasteiger partial charge in [-0.1, -0.05) is 36.4 Å². The van der Waals surface area contributed by atoms with Crippen LogP contribution in [-0.4, -0.2) is 58.0 Å². The van der Waals surface area contributed by atoms with Gasteiger partial charge in [0.2, 0.25) is 5.91 Å². The summed E-state index contributed by atoms with van der Waals surface area (Å²) in [5, 5.41) is 7.54. The molecule has 0 saturated carbocycles. The highest BCUT2D eigenvalue weighted by atomic mass is 35.5. The van der Waals surface area contributed by atoms with Crippen molar-refractivity contribution in [3.8, 4) is 11.3 Å². The van der Waals surface area contributed by atoms with Crippen molar-refractivity contribution < 1.29 is 9.59 Å². The fourth-order valence-corrected chi connectivity index (χ4v) is 2.90. The molecule has 1 fully saturated rings. The van der Waals surface area contributed by atoms with Gasteiger partial charge >= 0.3 is 0 Å². The summed E-state index contributed by atoms with van der Waals surface area (Å²) in [7, 11) is 0. The number of nitrogens with one attached hydrogen (secondary N) is 1. The van der Waals surface area contributed by atoms with Crippen LogP contribution in [0.1, 0.15) is 10.5 Å². The van der Waals surface area contributed by atoms with E-state index < -0.39 is 0 Å². The molecule has 1 aromatic carbocycles. The number of amides is 2. The Morgan fingerprint density at radius 3 is 2.50 bits per heavy atom. The molecule has 0 radical (unpaired) electrons. The van der Waals surface area contributed by atoms with Crippen molar-refractivity contribution in [3.05, 3.63) is 53.7 Å². The minimum atomic E-state index is -0.133. The molecule has 2 aromatic rings. The Balaban J connectivity index is 1.70. The molecule has 124 valence electrons. The van der Waals surface area contributed by atoms with Crippen LogP contribution in [0.3, 0.4) is 0 Å². The van der Waals surface area contributed by atoms with Gasteiger partial charge in [0.1, 0.15) is 5.69 Å². The summed E-state index contributed by atoms with van der Waals surface area (Å²) in [5.41, 5.74) is 1.81. The van der Waals surface area contributed by atoms with E-state index in [1.54, 1.807) is 21.9 Å². The first-order valence-electron chi connectivity index (χ1n) is 7.61. The van der Waals surface area contributed by atoms with Gasteiger partial charge in [-0.15, -0.1) is 0 Å². The van der Waals surface area contributed by atoms with E-state index in [0.717, 1.165) is 5.56 Å². The van der Waals surface area contributed by atoms with Crippen molar-refractivity contribution in [1.29, 1.82) is 0 Å². The number of carbonyl (C=O) groups excluding carboxylic acids is 2. The molecule has 1 N–H and O–H groups in total. The number of piperazine rings is 1. The molecular formula is C17H17ClN4O2. The van der Waals surface area contributed by atoms with Gasteiger partial charge in [0.25, 0.3) is 5.91 Å². The number of benzene rings is 1. The van der Waals surface area contributed by atoms with Gasteiger partial charge in [-0.3, -0.25) is 14.7 Å². The molecule has 2 amide bonds. The fraction of sp³-hybridized carbons (Fsp3) is 0.235. The molecule has 2 heterocycles. The summed E-state index contributed by atoms with van der Waals surface area (Å²) < 4.78 is 0. The SMILES string of the molecule is C=CC(=O)N1CCN(C(=O)c2cc(-c3ccccc3Cl)n[nH]2)CC1. The predicted molar refractivity (Wildman–Crippen MR) is 91.7 cm³/mol. The Labute approximate surface area is 144 Å². The standard InChI is InChI=1S/C17H17ClN4O2/c1-2-16(23)21-7-9-22(10-8-21)17(24)15-11-14(19-20-15)12-5-3-4-6-13(12)18/h2-6,11H,1,7-10H2,(H,19,20). The maximum atomic E-state index is 12.6. The van der Waals surface area contributed by atoms with Crippen LogP contribution in [0.4, 0.5) is 0 Å². The summed E-state index contributed by atoms with van der Waals surface area (Å²) >= 11 is 6.16. The summed E-state index contributed by atoms with van der Waals surface area (Å²) in [4.78, 5) is 27.5. The van der Waals surface area contributed by atoms with Crippen LogP contribution in [0.2, 0.25) is 5.02 Å². The summed E-state index contributed by atoms with van der Waals surface area (Å²) in [5.74, 6) is -0.240. The summed E-state index contributed by atoms with van der Waals surface area (Å²) in [6.07, 6.45) is 1.29. The predicted octanol–water partition coefficient (Wildman–Crippen LogP) is 2.20. The van der Waals surface area contributed by atoms with Crippen molar-refractivity contribution in [2.45, 2.75) is 0 Å². The molecule has 0 bridgehead atoms. The maximum absolute atomic E-state index is 12.6. The molecule has 7 heteroatoms. The average molecular weight is 345 g/mol. The second-order valence-electron chi connectivity index (χ2n) is 5.47. The Kier molecular flexibility index (Phi) is 4.66. The molecule has 0 unspecified atom stereocenters. The number of hydrogen-bond acceptors (Lipinski definition) is 3. The monoisotopic (exact) mass is 344 g/mol. The lowest BCUT2D eigenvalue weighted by Gasteiger charge is -2.33. The Morgan fingerprint density at radius 2 is 1.83 bits per heavy atom. The number of H-pyrrole nitrogens is 1. The molecule has 0 aliphatic carbocycles. The topological polar surface area (TPSA) is 69.3 Å². The fourth-order valence-electron chi connectivity index (χ4n) is 2.67. The lowest BCUT2D eigenvalue weighted by molar-refractivity contribution is -0.127. The summed E-state index contributed by atoms with van der Waals surface area (Å²) in [6, 6.07) is 9.04. The molecule has 1 aromatic heterocycles. The van der Waals surface area contributed by atoms with Crippen molar-refractivity contribution in [2.24, 2.45) is 0 Å². The van der Waals surface area contributed by atoms with Gasteiger partial charge in [0.15, 0.2) is 0 Å². The van der Waals surface area contributed by atoms with E-state index >= 15 is 0 Å². The number of nitrogens with zero attached hydrogens (tertiary/aromatic N) is 3. The second-order valence-corrected chi connectivity index (χ2v) is 5.88. The van der Waals surface area contributed by atoms with E-state index in [2.05, 4.69) is 16.8 Å². The minimum absolute atomic E-state index is 0.107. The van der Waals surface area contributed by atoms with Crippen LogP contribution < -0.4 is 0 Å². The van der Waals surface area contributed by atoms with Gasteiger partial charge < -0.3 is 9.80 Å². The van der Waals surface area contributed by atoms with Gasteiger partial charge in [-0.25, -0.2) is 0 Å². The average Bonchev–Trinajstić information content (AvgIpc) is 3.11. The van der Waals surface area contributed by atoms with Crippen molar-refractivity contribution in [2.75, 3.05) is 26.2 Å². The van der Waals surface area contributed by atoms with E-state index in [-0.39, 0.29) is 11.8 Å². The molecular weight excluding hydrogens is 328 g/mol. The third-order valence-corrected chi connectivity index (χ3v) is 4.34. The summed E-state index contributed by atoms with van der Waals surface area (Å²) in [6.45, 7) is 5.45. The van der Waals surface area contributed by atoms with E-state index in [0.29, 0.717) is 42.6 Å². The molecule has 24 heavy (non-hydrogen) atoms. The largest absolute Gasteiger partial charge is 0.336 e. The first-order chi connectivity index (χ1) is 11.6. The highest BCUT2D eigenvalue weighted by Gasteiger charge is 2.25. The zero-order valence-corrected chi connectivity index (χ0v) is 13.8. The number of hydrogen-bond donors (Lipinski definition) is 1. The first kappa shape index (κ1) is 16.3. The third kappa shape index (κ3) is 3.19. The molecule has 3 rings (SSSR count). The lowest BCUT2D eigenvalue weighted by atomic mass is 10.1. The maximum Gasteiger partial charge on any atom is 0.272 e. The number of aromatic amines is 1. The Morgan fingerprint density at radius 1 is 1.17 bits per heavy atom. The van der Waals surface area contributed by atoms with Crippen molar-refractivity contribution >= 4 is 23.4 Å². The van der Waals surface area contributed by atoms with Crippen molar-refractivity contribution in [3.63, 3.8) is 0 Å². The van der Waals surface area contributed by atoms with Crippen molar-refractivity contribution in [1.82, 2.24) is 20.0 Å². The van der Waals surface area contributed by atoms with Crippen LogP contribution in [0.15, 0.2) is 43.0 Å². The molecule has 1 saturated heterocycles. The number of aromatic nitrogens is 2. The Hall–Kier alpha value is -2.60. The quantitative estimate of drug-likeness (QED) is 0.868. The van der Waals surface area contributed by atoms with Gasteiger partial charge in [-0.05, 0) is 18.2 Å². The highest BCUT2D eigenvalue weighted by molar-refractivity contribution is 6.33. The lowest BCUT2D eigenvalue weighted by Crippen LogP contribution is -2.50. The first-order valence-corrected chi connectivity index (χ1v) is 7.99. The second kappa shape index (κ2) is 6.88. The van der Waals surface area contributed by atoms with Crippen LogP contribution >= 0.6 is 11.6 Å². The zero-order chi connectivity index (χ0) is 17.1. The van der Waals surface area contributed by atoms with E-state index in [1.807, 2.05) is 18.2 Å². The smallest absolute Gasteiger partial charge is 0.272 e. The van der Waals surface area contributed by atoms with E-state index in [4.69, 9.17) is 11.6 Å². The number of halogens is 1. The molecule has 0 atom stereocenters. The zero-order valence-electron chi connectivity index (χ0n) is 13.0. The molecule has 1 aliphatic rings. The van der Waals surface area contributed by atoms with Gasteiger partial charge in [-0.2, -0.15) is 5.10 Å². The van der Waals surface area contributed by atoms with Crippen LogP contribution in [0.5, 0.6) is 0 Å². The van der Waals surface area contributed by atoms with Crippen LogP contribution in [-0.2, 0) is 4.79 Å². The minimum Gasteiger partial charge on any atom is -0.336 e.